The molecule has 78 valence electrons. The summed E-state index contributed by atoms with van der Waals surface area (Å²) in [4.78, 5) is 0. The molecule has 0 fully saturated rings. The first-order valence-electron chi connectivity index (χ1n) is 4.77. The summed E-state index contributed by atoms with van der Waals surface area (Å²) in [6.45, 7) is 0.768. The van der Waals surface area contributed by atoms with Gasteiger partial charge in [0.15, 0.2) is 0 Å². The van der Waals surface area contributed by atoms with E-state index in [1.807, 2.05) is 25.2 Å². The molecule has 1 aromatic carbocycles. The van der Waals surface area contributed by atoms with Crippen LogP contribution in [0.1, 0.15) is 5.56 Å². The highest BCUT2D eigenvalue weighted by Crippen LogP contribution is 2.25. The second-order valence-corrected chi connectivity index (χ2v) is 3.76. The Morgan fingerprint density at radius 1 is 1.27 bits per heavy atom. The van der Waals surface area contributed by atoms with Crippen molar-refractivity contribution in [3.05, 3.63) is 47.4 Å². The molecule has 3 heteroatoms. The van der Waals surface area contributed by atoms with Crippen LogP contribution in [0.5, 0.6) is 0 Å². The molecule has 0 saturated carbocycles. The molecule has 0 aliphatic rings. The number of hydrogen-bond acceptors (Lipinski definition) is 2. The van der Waals surface area contributed by atoms with Crippen molar-refractivity contribution in [3.8, 4) is 11.1 Å². The predicted octanol–water partition coefficient (Wildman–Crippen LogP) is 3.32. The van der Waals surface area contributed by atoms with Gasteiger partial charge in [-0.05, 0) is 36.4 Å². The summed E-state index contributed by atoms with van der Waals surface area (Å²) in [5.41, 5.74) is 3.29. The van der Waals surface area contributed by atoms with Gasteiger partial charge in [0.25, 0.3) is 0 Å². The fraction of sp³-hybridized carbons (Fsp3) is 0.167. The van der Waals surface area contributed by atoms with Gasteiger partial charge in [-0.3, -0.25) is 0 Å². The minimum absolute atomic E-state index is 0.768. The molecule has 1 heterocycles. The van der Waals surface area contributed by atoms with Gasteiger partial charge in [-0.2, -0.15) is 0 Å². The zero-order valence-corrected chi connectivity index (χ0v) is 9.21. The van der Waals surface area contributed by atoms with Gasteiger partial charge in [0.05, 0.1) is 12.5 Å². The van der Waals surface area contributed by atoms with Crippen molar-refractivity contribution in [3.63, 3.8) is 0 Å². The SMILES string of the molecule is CNCc1cc(-c2ccoc2)ccc1Cl. The van der Waals surface area contributed by atoms with Gasteiger partial charge in [-0.1, -0.05) is 17.7 Å². The standard InChI is InChI=1S/C12H12ClNO/c1-14-7-11-6-9(2-3-12(11)13)10-4-5-15-8-10/h2-6,8,14H,7H2,1H3. The molecule has 0 radical (unpaired) electrons. The maximum Gasteiger partial charge on any atom is 0.0980 e. The minimum Gasteiger partial charge on any atom is -0.472 e. The van der Waals surface area contributed by atoms with Gasteiger partial charge in [-0.15, -0.1) is 0 Å². The van der Waals surface area contributed by atoms with Crippen LogP contribution in [0.4, 0.5) is 0 Å². The Hall–Kier alpha value is -1.25. The normalized spacial score (nSPS) is 10.5. The molecule has 1 aromatic heterocycles. The first kappa shape index (κ1) is 10.3. The van der Waals surface area contributed by atoms with Crippen molar-refractivity contribution in [2.45, 2.75) is 6.54 Å². The summed E-state index contributed by atoms with van der Waals surface area (Å²) in [7, 11) is 1.90. The van der Waals surface area contributed by atoms with Gasteiger partial charge in [-0.25, -0.2) is 0 Å². The van der Waals surface area contributed by atoms with E-state index in [1.54, 1.807) is 12.5 Å². The third-order valence-corrected chi connectivity index (χ3v) is 2.64. The highest BCUT2D eigenvalue weighted by Gasteiger charge is 2.03. The van der Waals surface area contributed by atoms with Crippen LogP contribution in [0.25, 0.3) is 11.1 Å². The lowest BCUT2D eigenvalue weighted by Gasteiger charge is -2.05. The average Bonchev–Trinajstić information content (AvgIpc) is 2.75. The predicted molar refractivity (Wildman–Crippen MR) is 61.9 cm³/mol. The summed E-state index contributed by atoms with van der Waals surface area (Å²) in [5.74, 6) is 0. The van der Waals surface area contributed by atoms with E-state index in [9.17, 15) is 0 Å². The summed E-state index contributed by atoms with van der Waals surface area (Å²) >= 11 is 6.07. The Balaban J connectivity index is 2.38. The van der Waals surface area contributed by atoms with Crippen LogP contribution >= 0.6 is 11.6 Å². The molecule has 0 amide bonds. The largest absolute Gasteiger partial charge is 0.472 e. The van der Waals surface area contributed by atoms with Crippen LogP contribution in [0.15, 0.2) is 41.2 Å². The van der Waals surface area contributed by atoms with E-state index < -0.39 is 0 Å². The second kappa shape index (κ2) is 4.51. The smallest absolute Gasteiger partial charge is 0.0980 e. The van der Waals surface area contributed by atoms with Crippen LogP contribution in [0.3, 0.4) is 0 Å². The van der Waals surface area contributed by atoms with Gasteiger partial charge < -0.3 is 9.73 Å². The number of nitrogens with one attached hydrogen (secondary N) is 1. The second-order valence-electron chi connectivity index (χ2n) is 3.35. The molecule has 0 saturated heterocycles. The first-order chi connectivity index (χ1) is 7.31. The molecule has 15 heavy (non-hydrogen) atoms. The molecule has 0 bridgehead atoms. The Bertz CT molecular complexity index is 437. The van der Waals surface area contributed by atoms with E-state index in [0.717, 1.165) is 28.3 Å². The zero-order valence-electron chi connectivity index (χ0n) is 8.46. The molecule has 0 aliphatic carbocycles. The summed E-state index contributed by atoms with van der Waals surface area (Å²) in [6.07, 6.45) is 3.40. The molecule has 0 atom stereocenters. The summed E-state index contributed by atoms with van der Waals surface area (Å²) in [6, 6.07) is 7.92. The minimum atomic E-state index is 0.768. The molecule has 2 aromatic rings. The third-order valence-electron chi connectivity index (χ3n) is 2.27. The van der Waals surface area contributed by atoms with E-state index in [4.69, 9.17) is 16.0 Å². The Morgan fingerprint density at radius 3 is 2.80 bits per heavy atom. The lowest BCUT2D eigenvalue weighted by Crippen LogP contribution is -2.05. The number of halogens is 1. The fourth-order valence-corrected chi connectivity index (χ4v) is 1.69. The average molecular weight is 222 g/mol. The molecule has 2 rings (SSSR count). The summed E-state index contributed by atoms with van der Waals surface area (Å²) in [5, 5.41) is 3.88. The quantitative estimate of drug-likeness (QED) is 0.860. The summed E-state index contributed by atoms with van der Waals surface area (Å²) < 4.78 is 5.05. The number of furan rings is 1. The topological polar surface area (TPSA) is 25.2 Å². The number of benzene rings is 1. The van der Waals surface area contributed by atoms with Crippen LogP contribution in [0, 0.1) is 0 Å². The van der Waals surface area contributed by atoms with Crippen molar-refractivity contribution in [2.75, 3.05) is 7.05 Å². The molecule has 0 spiro atoms. The van der Waals surface area contributed by atoms with Crippen LogP contribution in [-0.4, -0.2) is 7.05 Å². The Morgan fingerprint density at radius 2 is 2.13 bits per heavy atom. The van der Waals surface area contributed by atoms with E-state index in [-0.39, 0.29) is 0 Å². The van der Waals surface area contributed by atoms with Crippen molar-refractivity contribution in [2.24, 2.45) is 0 Å². The lowest BCUT2D eigenvalue weighted by atomic mass is 10.1. The van der Waals surface area contributed by atoms with Crippen LogP contribution < -0.4 is 5.32 Å². The van der Waals surface area contributed by atoms with Gasteiger partial charge in [0.2, 0.25) is 0 Å². The van der Waals surface area contributed by atoms with Crippen molar-refractivity contribution in [1.29, 1.82) is 0 Å². The Labute approximate surface area is 93.9 Å². The highest BCUT2D eigenvalue weighted by molar-refractivity contribution is 6.31. The van der Waals surface area contributed by atoms with E-state index in [2.05, 4.69) is 11.4 Å². The zero-order chi connectivity index (χ0) is 10.7. The van der Waals surface area contributed by atoms with Gasteiger partial charge in [0.1, 0.15) is 0 Å². The third kappa shape index (κ3) is 2.22. The molecule has 2 nitrogen and oxygen atoms in total. The van der Waals surface area contributed by atoms with Crippen molar-refractivity contribution in [1.82, 2.24) is 5.32 Å². The van der Waals surface area contributed by atoms with E-state index in [1.165, 1.54) is 0 Å². The van der Waals surface area contributed by atoms with Crippen LogP contribution in [0.2, 0.25) is 5.02 Å². The fourth-order valence-electron chi connectivity index (χ4n) is 1.51. The van der Waals surface area contributed by atoms with Gasteiger partial charge in [0, 0.05) is 17.1 Å². The number of hydrogen-bond donors (Lipinski definition) is 1. The number of rotatable bonds is 3. The van der Waals surface area contributed by atoms with Crippen molar-refractivity contribution < 1.29 is 4.42 Å². The monoisotopic (exact) mass is 221 g/mol. The maximum atomic E-state index is 6.07. The van der Waals surface area contributed by atoms with Crippen molar-refractivity contribution >= 4 is 11.6 Å². The molecule has 1 N–H and O–H groups in total. The maximum absolute atomic E-state index is 6.07. The van der Waals surface area contributed by atoms with Gasteiger partial charge >= 0.3 is 0 Å². The first-order valence-corrected chi connectivity index (χ1v) is 5.14. The molecular formula is C12H12ClNO. The molecule has 0 aliphatic heterocycles. The molecular weight excluding hydrogens is 210 g/mol. The van der Waals surface area contributed by atoms with E-state index >= 15 is 0 Å². The lowest BCUT2D eigenvalue weighted by molar-refractivity contribution is 0.568. The van der Waals surface area contributed by atoms with E-state index in [0.29, 0.717) is 0 Å². The Kier molecular flexibility index (Phi) is 3.09. The molecule has 0 unspecified atom stereocenters. The van der Waals surface area contributed by atoms with Crippen LogP contribution in [-0.2, 0) is 6.54 Å². The highest BCUT2D eigenvalue weighted by atomic mass is 35.5.